The molecular weight excluding hydrogens is 394 g/mol. The van der Waals surface area contributed by atoms with Gasteiger partial charge in [-0.25, -0.2) is 19.5 Å². The van der Waals surface area contributed by atoms with E-state index in [-0.39, 0.29) is 5.69 Å². The molecule has 1 fully saturated rings. The fourth-order valence-electron chi connectivity index (χ4n) is 3.21. The number of carbonyl (C=O) groups is 2. The second-order valence-electron chi connectivity index (χ2n) is 6.50. The SMILES string of the molecule is NC(=O)N1CCCCN1C(=O)c1cc(-c2ccc(Cl)cn2)n(-c2cccnc2)n1. The van der Waals surface area contributed by atoms with Gasteiger partial charge in [0.1, 0.15) is 0 Å². The highest BCUT2D eigenvalue weighted by Gasteiger charge is 2.30. The van der Waals surface area contributed by atoms with E-state index < -0.39 is 11.9 Å². The standard InChI is InChI=1S/C19H18ClN7O2/c20-13-5-6-15(23-11-13)17-10-16(24-27(17)14-4-3-7-22-12-14)18(28)25-8-1-2-9-26(25)19(21)29/h3-7,10-12H,1-2,8-9H2,(H2,21,29). The molecule has 0 aliphatic carbocycles. The zero-order valence-electron chi connectivity index (χ0n) is 15.4. The van der Waals surface area contributed by atoms with Gasteiger partial charge in [-0.3, -0.25) is 14.8 Å². The molecule has 0 atom stereocenters. The van der Waals surface area contributed by atoms with Crippen LogP contribution >= 0.6 is 11.6 Å². The Morgan fingerprint density at radius 2 is 1.86 bits per heavy atom. The van der Waals surface area contributed by atoms with Crippen molar-refractivity contribution in [2.75, 3.05) is 13.1 Å². The Balaban J connectivity index is 1.77. The number of carbonyl (C=O) groups excluding carboxylic acids is 2. The molecule has 2 N–H and O–H groups in total. The van der Waals surface area contributed by atoms with Gasteiger partial charge in [-0.15, -0.1) is 0 Å². The summed E-state index contributed by atoms with van der Waals surface area (Å²) in [4.78, 5) is 33.3. The molecule has 10 heteroatoms. The van der Waals surface area contributed by atoms with Crippen molar-refractivity contribution in [3.63, 3.8) is 0 Å². The van der Waals surface area contributed by atoms with Crippen LogP contribution < -0.4 is 5.73 Å². The van der Waals surface area contributed by atoms with Gasteiger partial charge in [0, 0.05) is 25.5 Å². The van der Waals surface area contributed by atoms with E-state index in [9.17, 15) is 9.59 Å². The summed E-state index contributed by atoms with van der Waals surface area (Å²) in [5.74, 6) is -0.402. The van der Waals surface area contributed by atoms with Crippen LogP contribution in [-0.2, 0) is 0 Å². The van der Waals surface area contributed by atoms with E-state index in [2.05, 4.69) is 15.1 Å². The average Bonchev–Trinajstić information content (AvgIpc) is 3.20. The first-order valence-corrected chi connectivity index (χ1v) is 9.43. The van der Waals surface area contributed by atoms with Crippen molar-refractivity contribution >= 4 is 23.5 Å². The van der Waals surface area contributed by atoms with Crippen LogP contribution in [0.4, 0.5) is 4.79 Å². The van der Waals surface area contributed by atoms with Crippen LogP contribution in [-0.4, -0.2) is 54.8 Å². The molecule has 1 aliphatic heterocycles. The molecule has 0 radical (unpaired) electrons. The molecule has 1 saturated heterocycles. The van der Waals surface area contributed by atoms with Crippen molar-refractivity contribution in [1.82, 2.24) is 29.8 Å². The highest BCUT2D eigenvalue weighted by Crippen LogP contribution is 2.25. The number of urea groups is 1. The first-order chi connectivity index (χ1) is 14.0. The van der Waals surface area contributed by atoms with Crippen LogP contribution in [0.1, 0.15) is 23.3 Å². The van der Waals surface area contributed by atoms with E-state index in [1.165, 1.54) is 16.2 Å². The summed E-state index contributed by atoms with van der Waals surface area (Å²) in [5.41, 5.74) is 7.48. The van der Waals surface area contributed by atoms with Crippen molar-refractivity contribution < 1.29 is 9.59 Å². The Kier molecular flexibility index (Phi) is 5.13. The average molecular weight is 412 g/mol. The van der Waals surface area contributed by atoms with Crippen molar-refractivity contribution in [3.8, 4) is 17.1 Å². The highest BCUT2D eigenvalue weighted by molar-refractivity contribution is 6.30. The normalized spacial score (nSPS) is 14.1. The first-order valence-electron chi connectivity index (χ1n) is 9.06. The van der Waals surface area contributed by atoms with Gasteiger partial charge in [0.15, 0.2) is 5.69 Å². The van der Waals surface area contributed by atoms with Crippen LogP contribution in [0.3, 0.4) is 0 Å². The molecule has 0 aromatic carbocycles. The lowest BCUT2D eigenvalue weighted by atomic mass is 10.2. The van der Waals surface area contributed by atoms with Gasteiger partial charge in [-0.05, 0) is 43.2 Å². The van der Waals surface area contributed by atoms with Gasteiger partial charge in [-0.2, -0.15) is 5.10 Å². The Bertz CT molecular complexity index is 1040. The Morgan fingerprint density at radius 3 is 2.52 bits per heavy atom. The summed E-state index contributed by atoms with van der Waals surface area (Å²) in [5, 5.41) is 7.59. The van der Waals surface area contributed by atoms with E-state index in [1.807, 2.05) is 6.07 Å². The zero-order valence-corrected chi connectivity index (χ0v) is 16.2. The van der Waals surface area contributed by atoms with Gasteiger partial charge in [0.05, 0.1) is 28.3 Å². The smallest absolute Gasteiger partial charge is 0.333 e. The third kappa shape index (κ3) is 3.77. The number of rotatable bonds is 3. The van der Waals surface area contributed by atoms with Gasteiger partial charge >= 0.3 is 6.03 Å². The largest absolute Gasteiger partial charge is 0.350 e. The van der Waals surface area contributed by atoms with E-state index >= 15 is 0 Å². The maximum atomic E-state index is 13.1. The molecule has 148 valence electrons. The summed E-state index contributed by atoms with van der Waals surface area (Å²) < 4.78 is 1.59. The van der Waals surface area contributed by atoms with E-state index in [4.69, 9.17) is 17.3 Å². The second-order valence-corrected chi connectivity index (χ2v) is 6.93. The van der Waals surface area contributed by atoms with Gasteiger partial charge in [-0.1, -0.05) is 11.6 Å². The molecule has 4 heterocycles. The summed E-state index contributed by atoms with van der Waals surface area (Å²) in [6.45, 7) is 0.798. The molecule has 0 saturated carbocycles. The molecular formula is C19H18ClN7O2. The molecule has 0 unspecified atom stereocenters. The lowest BCUT2D eigenvalue weighted by Crippen LogP contribution is -2.55. The monoisotopic (exact) mass is 411 g/mol. The van der Waals surface area contributed by atoms with Crippen molar-refractivity contribution in [1.29, 1.82) is 0 Å². The third-order valence-corrected chi connectivity index (χ3v) is 4.80. The van der Waals surface area contributed by atoms with Crippen LogP contribution in [0.2, 0.25) is 5.02 Å². The van der Waals surface area contributed by atoms with E-state index in [1.54, 1.807) is 41.3 Å². The quantitative estimate of drug-likeness (QED) is 0.711. The van der Waals surface area contributed by atoms with Crippen LogP contribution in [0.25, 0.3) is 17.1 Å². The number of nitrogens with zero attached hydrogens (tertiary/aromatic N) is 6. The summed E-state index contributed by atoms with van der Waals surface area (Å²) in [6.07, 6.45) is 6.38. The zero-order chi connectivity index (χ0) is 20.4. The number of nitrogens with two attached hydrogens (primary N) is 1. The van der Waals surface area contributed by atoms with Crippen molar-refractivity contribution in [3.05, 3.63) is 59.6 Å². The number of pyridine rings is 2. The molecule has 3 amide bonds. The lowest BCUT2D eigenvalue weighted by Gasteiger charge is -2.36. The number of amides is 3. The van der Waals surface area contributed by atoms with Crippen LogP contribution in [0, 0.1) is 0 Å². The minimum atomic E-state index is -0.663. The Labute approximate surface area is 171 Å². The molecule has 1 aliphatic rings. The van der Waals surface area contributed by atoms with E-state index in [0.29, 0.717) is 35.2 Å². The lowest BCUT2D eigenvalue weighted by molar-refractivity contribution is 0.000107. The summed E-state index contributed by atoms with van der Waals surface area (Å²) in [7, 11) is 0. The van der Waals surface area contributed by atoms with Gasteiger partial charge in [0.2, 0.25) is 0 Å². The molecule has 9 nitrogen and oxygen atoms in total. The molecule has 0 bridgehead atoms. The third-order valence-electron chi connectivity index (χ3n) is 4.58. The Morgan fingerprint density at radius 1 is 1.07 bits per heavy atom. The molecule has 29 heavy (non-hydrogen) atoms. The number of primary amides is 1. The minimum absolute atomic E-state index is 0.175. The predicted octanol–water partition coefficient (Wildman–Crippen LogP) is 2.51. The van der Waals surface area contributed by atoms with E-state index in [0.717, 1.165) is 12.8 Å². The number of hydrogen-bond acceptors (Lipinski definition) is 5. The topological polar surface area (TPSA) is 110 Å². The fraction of sp³-hybridized carbons (Fsp3) is 0.211. The van der Waals surface area contributed by atoms with Gasteiger partial charge in [0.25, 0.3) is 5.91 Å². The predicted molar refractivity (Wildman–Crippen MR) is 106 cm³/mol. The highest BCUT2D eigenvalue weighted by atomic mass is 35.5. The maximum Gasteiger partial charge on any atom is 0.333 e. The Hall–Kier alpha value is -3.46. The van der Waals surface area contributed by atoms with Crippen molar-refractivity contribution in [2.24, 2.45) is 5.73 Å². The number of halogens is 1. The van der Waals surface area contributed by atoms with Crippen molar-refractivity contribution in [2.45, 2.75) is 12.8 Å². The van der Waals surface area contributed by atoms with Crippen LogP contribution in [0.15, 0.2) is 48.9 Å². The fourth-order valence-corrected chi connectivity index (χ4v) is 3.32. The molecule has 3 aromatic heterocycles. The maximum absolute atomic E-state index is 13.1. The number of hydrazine groups is 1. The second kappa shape index (κ2) is 7.88. The first kappa shape index (κ1) is 18.9. The molecule has 0 spiro atoms. The van der Waals surface area contributed by atoms with Gasteiger partial charge < -0.3 is 5.73 Å². The summed E-state index contributed by atoms with van der Waals surface area (Å²) >= 11 is 5.95. The summed E-state index contributed by atoms with van der Waals surface area (Å²) in [6, 6.07) is 8.03. The molecule has 3 aromatic rings. The minimum Gasteiger partial charge on any atom is -0.350 e. The molecule has 4 rings (SSSR count). The number of hydrogen-bond donors (Lipinski definition) is 1. The number of aromatic nitrogens is 4. The van der Waals surface area contributed by atoms with Crippen LogP contribution in [0.5, 0.6) is 0 Å².